The molecule has 0 aromatic carbocycles. The van der Waals surface area contributed by atoms with Gasteiger partial charge in [-0.1, -0.05) is 6.07 Å². The van der Waals surface area contributed by atoms with E-state index in [1.165, 1.54) is 0 Å². The molecule has 18 heavy (non-hydrogen) atoms. The normalized spacial score (nSPS) is 10.7. The second kappa shape index (κ2) is 4.61. The van der Waals surface area contributed by atoms with Crippen molar-refractivity contribution >= 4 is 28.3 Å². The lowest BCUT2D eigenvalue weighted by atomic mass is 10.4. The molecule has 0 spiro atoms. The third-order valence-corrected chi connectivity index (χ3v) is 3.28. The predicted octanol–water partition coefficient (Wildman–Crippen LogP) is 2.04. The lowest BCUT2D eigenvalue weighted by molar-refractivity contribution is 0.301. The van der Waals surface area contributed by atoms with Crippen LogP contribution in [0.5, 0.6) is 5.88 Å². The van der Waals surface area contributed by atoms with E-state index in [9.17, 15) is 0 Å². The smallest absolute Gasteiger partial charge is 0.229 e. The van der Waals surface area contributed by atoms with Crippen LogP contribution in [0.25, 0.3) is 11.0 Å². The summed E-state index contributed by atoms with van der Waals surface area (Å²) >= 11 is 1.65. The second-order valence-electron chi connectivity index (χ2n) is 3.60. The average molecular weight is 261 g/mol. The molecule has 3 aromatic rings. The Bertz CT molecular complexity index is 649. The minimum absolute atomic E-state index is 0.498. The number of nitrogens with zero attached hydrogens (tertiary/aromatic N) is 3. The first-order valence-electron chi connectivity index (χ1n) is 5.41. The van der Waals surface area contributed by atoms with E-state index >= 15 is 0 Å². The van der Waals surface area contributed by atoms with E-state index in [2.05, 4.69) is 25.5 Å². The van der Waals surface area contributed by atoms with E-state index in [1.54, 1.807) is 24.6 Å². The van der Waals surface area contributed by atoms with Gasteiger partial charge in [0.2, 0.25) is 11.8 Å². The molecule has 0 atom stereocenters. The Labute approximate surface area is 107 Å². The van der Waals surface area contributed by atoms with Crippen LogP contribution in [0.2, 0.25) is 0 Å². The first-order chi connectivity index (χ1) is 8.86. The van der Waals surface area contributed by atoms with Gasteiger partial charge in [0, 0.05) is 11.9 Å². The number of nitrogens with one attached hydrogen (secondary N) is 2. The van der Waals surface area contributed by atoms with Crippen LogP contribution in [-0.2, 0) is 6.61 Å². The van der Waals surface area contributed by atoms with Gasteiger partial charge in [0.05, 0.1) is 6.20 Å². The summed E-state index contributed by atoms with van der Waals surface area (Å²) in [4.78, 5) is 9.68. The molecule has 0 saturated heterocycles. The number of fused-ring (bicyclic) bond motifs is 1. The Hall–Kier alpha value is -2.15. The number of thiophene rings is 1. The summed E-state index contributed by atoms with van der Waals surface area (Å²) < 4.78 is 5.72. The number of H-pyrrole nitrogens is 1. The highest BCUT2D eigenvalue weighted by Crippen LogP contribution is 2.23. The van der Waals surface area contributed by atoms with Gasteiger partial charge in [0.25, 0.3) is 0 Å². The van der Waals surface area contributed by atoms with Gasteiger partial charge in [-0.2, -0.15) is 15.1 Å². The highest BCUT2D eigenvalue weighted by molar-refractivity contribution is 7.09. The van der Waals surface area contributed by atoms with Gasteiger partial charge < -0.3 is 10.1 Å². The monoisotopic (exact) mass is 261 g/mol. The molecule has 92 valence electrons. The van der Waals surface area contributed by atoms with Crippen LogP contribution < -0.4 is 10.1 Å². The summed E-state index contributed by atoms with van der Waals surface area (Å²) in [7, 11) is 1.76. The van der Waals surface area contributed by atoms with Crippen LogP contribution in [-0.4, -0.2) is 27.2 Å². The van der Waals surface area contributed by atoms with Gasteiger partial charge in [-0.05, 0) is 11.4 Å². The highest BCUT2D eigenvalue weighted by atomic mass is 32.1. The number of rotatable bonds is 4. The van der Waals surface area contributed by atoms with Crippen LogP contribution >= 0.6 is 11.3 Å². The molecule has 2 N–H and O–H groups in total. The molecule has 0 radical (unpaired) electrons. The van der Waals surface area contributed by atoms with Crippen LogP contribution in [0, 0.1) is 0 Å². The quantitative estimate of drug-likeness (QED) is 0.751. The Balaban J connectivity index is 1.92. The minimum atomic E-state index is 0.498. The largest absolute Gasteiger partial charge is 0.471 e. The maximum atomic E-state index is 5.72. The second-order valence-corrected chi connectivity index (χ2v) is 4.63. The number of aromatic nitrogens is 4. The fraction of sp³-hybridized carbons (Fsp3) is 0.182. The van der Waals surface area contributed by atoms with Gasteiger partial charge in [0.1, 0.15) is 12.0 Å². The van der Waals surface area contributed by atoms with Crippen LogP contribution in [0.3, 0.4) is 0 Å². The van der Waals surface area contributed by atoms with Crippen molar-refractivity contribution in [1.82, 2.24) is 20.2 Å². The molecule has 3 heterocycles. The summed E-state index contributed by atoms with van der Waals surface area (Å²) in [6.45, 7) is 0.498. The molecule has 0 aliphatic carbocycles. The van der Waals surface area contributed by atoms with Crippen molar-refractivity contribution in [1.29, 1.82) is 0 Å². The fourth-order valence-corrected chi connectivity index (χ4v) is 2.18. The molecule has 3 rings (SSSR count). The van der Waals surface area contributed by atoms with Crippen molar-refractivity contribution in [2.75, 3.05) is 12.4 Å². The lowest BCUT2D eigenvalue weighted by Gasteiger charge is -2.06. The van der Waals surface area contributed by atoms with Gasteiger partial charge in [-0.25, -0.2) is 0 Å². The standard InChI is InChI=1S/C11H11N5OS/c1-12-11-14-9-8(5-13-16-9)10(15-11)17-6-7-3-2-4-18-7/h2-5H,6H2,1H3,(H2,12,13,14,15,16). The zero-order valence-electron chi connectivity index (χ0n) is 9.67. The number of hydrogen-bond acceptors (Lipinski definition) is 6. The molecule has 0 unspecified atom stereocenters. The van der Waals surface area contributed by atoms with Crippen molar-refractivity contribution in [3.63, 3.8) is 0 Å². The molecule has 6 nitrogen and oxygen atoms in total. The van der Waals surface area contributed by atoms with E-state index in [0.717, 1.165) is 10.3 Å². The van der Waals surface area contributed by atoms with Crippen LogP contribution in [0.4, 0.5) is 5.95 Å². The fourth-order valence-electron chi connectivity index (χ4n) is 1.56. The number of anilines is 1. The van der Waals surface area contributed by atoms with Gasteiger partial charge in [-0.3, -0.25) is 5.10 Å². The van der Waals surface area contributed by atoms with Crippen molar-refractivity contribution < 1.29 is 4.74 Å². The van der Waals surface area contributed by atoms with Crippen LogP contribution in [0.1, 0.15) is 4.88 Å². The third kappa shape index (κ3) is 2.00. The van der Waals surface area contributed by atoms with Crippen molar-refractivity contribution in [3.8, 4) is 5.88 Å². The zero-order valence-corrected chi connectivity index (χ0v) is 10.5. The molecule has 3 aromatic heterocycles. The van der Waals surface area contributed by atoms with E-state index in [0.29, 0.717) is 24.1 Å². The summed E-state index contributed by atoms with van der Waals surface area (Å²) in [5.41, 5.74) is 0.663. The topological polar surface area (TPSA) is 75.7 Å². The Morgan fingerprint density at radius 3 is 3.17 bits per heavy atom. The molecule has 0 aliphatic heterocycles. The average Bonchev–Trinajstić information content (AvgIpc) is 3.06. The zero-order chi connectivity index (χ0) is 12.4. The van der Waals surface area contributed by atoms with Crippen molar-refractivity contribution in [3.05, 3.63) is 28.6 Å². The first kappa shape index (κ1) is 11.0. The summed E-state index contributed by atoms with van der Waals surface area (Å²) in [5, 5.41) is 12.5. The summed E-state index contributed by atoms with van der Waals surface area (Å²) in [5.74, 6) is 1.04. The highest BCUT2D eigenvalue weighted by Gasteiger charge is 2.10. The number of ether oxygens (including phenoxy) is 1. The van der Waals surface area contributed by atoms with Gasteiger partial charge in [-0.15, -0.1) is 11.3 Å². The molecule has 7 heteroatoms. The van der Waals surface area contributed by atoms with E-state index in [4.69, 9.17) is 4.74 Å². The molecular formula is C11H11N5OS. The molecule has 0 saturated carbocycles. The summed E-state index contributed by atoms with van der Waals surface area (Å²) in [6, 6.07) is 4.02. The minimum Gasteiger partial charge on any atom is -0.471 e. The number of hydrogen-bond donors (Lipinski definition) is 2. The first-order valence-corrected chi connectivity index (χ1v) is 6.29. The molecular weight excluding hydrogens is 250 g/mol. The predicted molar refractivity (Wildman–Crippen MR) is 69.9 cm³/mol. The Morgan fingerprint density at radius 1 is 1.44 bits per heavy atom. The SMILES string of the molecule is CNc1nc(OCc2cccs2)c2cn[nH]c2n1. The lowest BCUT2D eigenvalue weighted by Crippen LogP contribution is -2.01. The van der Waals surface area contributed by atoms with Gasteiger partial charge in [0.15, 0.2) is 5.65 Å². The van der Waals surface area contributed by atoms with Crippen LogP contribution in [0.15, 0.2) is 23.7 Å². The maximum absolute atomic E-state index is 5.72. The maximum Gasteiger partial charge on any atom is 0.229 e. The van der Waals surface area contributed by atoms with E-state index in [1.807, 2.05) is 17.5 Å². The molecule has 0 amide bonds. The molecule has 0 aliphatic rings. The number of aromatic amines is 1. The molecule has 0 bridgehead atoms. The van der Waals surface area contributed by atoms with Crippen molar-refractivity contribution in [2.45, 2.75) is 6.61 Å². The third-order valence-electron chi connectivity index (χ3n) is 2.43. The Kier molecular flexibility index (Phi) is 2.81. The van der Waals surface area contributed by atoms with E-state index in [-0.39, 0.29) is 0 Å². The molecule has 0 fully saturated rings. The summed E-state index contributed by atoms with van der Waals surface area (Å²) in [6.07, 6.45) is 1.67. The van der Waals surface area contributed by atoms with Gasteiger partial charge >= 0.3 is 0 Å². The van der Waals surface area contributed by atoms with Crippen molar-refractivity contribution in [2.24, 2.45) is 0 Å². The van der Waals surface area contributed by atoms with E-state index < -0.39 is 0 Å². The Morgan fingerprint density at radius 2 is 2.39 bits per heavy atom.